The summed E-state index contributed by atoms with van der Waals surface area (Å²) < 4.78 is 63.9. The van der Waals surface area contributed by atoms with Gasteiger partial charge in [0.15, 0.2) is 11.5 Å². The van der Waals surface area contributed by atoms with Crippen LogP contribution < -0.4 is 14.4 Å². The third-order valence-corrected chi connectivity index (χ3v) is 3.75. The molecule has 3 rings (SSSR count). The Bertz CT molecular complexity index is 871. The van der Waals surface area contributed by atoms with Gasteiger partial charge in [-0.05, 0) is 23.2 Å². The molecule has 2 aromatic carbocycles. The largest absolute Gasteiger partial charge is 0.493 e. The van der Waals surface area contributed by atoms with Gasteiger partial charge >= 0.3 is 5.51 Å². The monoisotopic (exact) mass is 406 g/mol. The molecule has 6 nitrogen and oxygen atoms in total. The Morgan fingerprint density at radius 2 is 1.89 bits per heavy atom. The lowest BCUT2D eigenvalue weighted by molar-refractivity contribution is -0.406. The lowest BCUT2D eigenvalue weighted by atomic mass is 10.0. The number of alkyl halides is 3. The number of rotatable bonds is 5. The zero-order chi connectivity index (χ0) is 19.6. The van der Waals surface area contributed by atoms with E-state index < -0.39 is 29.2 Å². The summed E-state index contributed by atoms with van der Waals surface area (Å²) in [4.78, 5) is 17.1. The summed E-state index contributed by atoms with van der Waals surface area (Å²) in [6.07, 6.45) is -0.146. The SMILES string of the molecule is COc1cc2c(cc1OOOSC(F)(F)F)C(=O)Cc1cc(F)ccc1O2. The summed E-state index contributed by atoms with van der Waals surface area (Å²) in [5, 5.41) is 4.03. The molecule has 0 spiro atoms. The average Bonchev–Trinajstić information content (AvgIpc) is 2.72. The molecule has 0 saturated carbocycles. The number of carbonyl (C=O) groups excluding carboxylic acids is 1. The Labute approximate surface area is 154 Å². The van der Waals surface area contributed by atoms with Crippen molar-refractivity contribution in [3.8, 4) is 23.0 Å². The van der Waals surface area contributed by atoms with E-state index in [0.29, 0.717) is 11.3 Å². The molecule has 27 heavy (non-hydrogen) atoms. The van der Waals surface area contributed by atoms with Gasteiger partial charge in [-0.15, -0.1) is 4.33 Å². The molecular formula is C16H10F4O6S. The Kier molecular flexibility index (Phi) is 5.44. The van der Waals surface area contributed by atoms with E-state index in [1.807, 2.05) is 0 Å². The van der Waals surface area contributed by atoms with Crippen molar-refractivity contribution in [2.45, 2.75) is 11.9 Å². The van der Waals surface area contributed by atoms with Gasteiger partial charge < -0.3 is 14.4 Å². The van der Waals surface area contributed by atoms with Gasteiger partial charge in [0.05, 0.1) is 12.7 Å². The van der Waals surface area contributed by atoms with Crippen molar-refractivity contribution in [1.82, 2.24) is 0 Å². The molecular weight excluding hydrogens is 396 g/mol. The van der Waals surface area contributed by atoms with Gasteiger partial charge in [-0.25, -0.2) is 4.39 Å². The minimum absolute atomic E-state index is 0.00715. The van der Waals surface area contributed by atoms with Crippen LogP contribution in [0.4, 0.5) is 17.6 Å². The number of Topliss-reactive ketones (excluding diaryl/α,β-unsaturated/α-hetero) is 1. The van der Waals surface area contributed by atoms with Crippen LogP contribution in [0, 0.1) is 5.82 Å². The van der Waals surface area contributed by atoms with Crippen LogP contribution in [-0.2, 0) is 15.8 Å². The van der Waals surface area contributed by atoms with Crippen molar-refractivity contribution in [3.05, 3.63) is 47.3 Å². The first-order chi connectivity index (χ1) is 12.8. The van der Waals surface area contributed by atoms with Crippen LogP contribution >= 0.6 is 12.0 Å². The zero-order valence-electron chi connectivity index (χ0n) is 13.5. The third kappa shape index (κ3) is 4.62. The van der Waals surface area contributed by atoms with Crippen molar-refractivity contribution in [1.29, 1.82) is 0 Å². The van der Waals surface area contributed by atoms with Crippen molar-refractivity contribution in [2.75, 3.05) is 7.11 Å². The first-order valence-corrected chi connectivity index (χ1v) is 7.98. The number of benzene rings is 2. The molecule has 0 radical (unpaired) electrons. The molecule has 0 amide bonds. The molecule has 0 saturated heterocycles. The molecule has 0 unspecified atom stereocenters. The van der Waals surface area contributed by atoms with Gasteiger partial charge in [0, 0.05) is 24.1 Å². The molecule has 0 aliphatic carbocycles. The molecule has 11 heteroatoms. The van der Waals surface area contributed by atoms with Gasteiger partial charge in [0.1, 0.15) is 29.4 Å². The highest BCUT2D eigenvalue weighted by molar-refractivity contribution is 7.95. The smallest absolute Gasteiger partial charge is 0.471 e. The van der Waals surface area contributed by atoms with E-state index in [0.717, 1.165) is 0 Å². The normalized spacial score (nSPS) is 13.3. The second kappa shape index (κ2) is 7.62. The number of carbonyl (C=O) groups is 1. The summed E-state index contributed by atoms with van der Waals surface area (Å²) in [7, 11) is 1.27. The Hall–Kier alpha value is -2.50. The van der Waals surface area contributed by atoms with Gasteiger partial charge in [0.2, 0.25) is 5.75 Å². The minimum atomic E-state index is -4.69. The predicted molar refractivity (Wildman–Crippen MR) is 83.9 cm³/mol. The first kappa shape index (κ1) is 19.3. The number of ketones is 1. The molecule has 1 aliphatic heterocycles. The van der Waals surface area contributed by atoms with E-state index in [9.17, 15) is 22.4 Å². The molecule has 0 bridgehead atoms. The van der Waals surface area contributed by atoms with Crippen LogP contribution in [0.25, 0.3) is 0 Å². The molecule has 2 aromatic rings. The van der Waals surface area contributed by atoms with E-state index in [1.165, 1.54) is 37.4 Å². The first-order valence-electron chi connectivity index (χ1n) is 7.24. The van der Waals surface area contributed by atoms with Crippen LogP contribution in [-0.4, -0.2) is 18.4 Å². The molecule has 0 fully saturated rings. The highest BCUT2D eigenvalue weighted by Crippen LogP contribution is 2.41. The van der Waals surface area contributed by atoms with Crippen molar-refractivity contribution in [2.24, 2.45) is 0 Å². The Balaban J connectivity index is 1.85. The molecule has 144 valence electrons. The third-order valence-electron chi connectivity index (χ3n) is 3.44. The number of halogens is 4. The van der Waals surface area contributed by atoms with Crippen molar-refractivity contribution in [3.63, 3.8) is 0 Å². The second-order valence-electron chi connectivity index (χ2n) is 5.20. The summed E-state index contributed by atoms with van der Waals surface area (Å²) in [5.74, 6) is -0.751. The van der Waals surface area contributed by atoms with Crippen LogP contribution in [0.15, 0.2) is 30.3 Å². The summed E-state index contributed by atoms with van der Waals surface area (Å²) in [5.41, 5.74) is -4.29. The standard InChI is InChI=1S/C16H10F4O6S/c1-22-14-7-13-10(6-15(14)24-25-26-27-16(18,19)20)11(21)5-8-4-9(17)2-3-12(8)23-13/h2-4,6-7H,5H2,1H3. The fraction of sp³-hybridized carbons (Fsp3) is 0.188. The van der Waals surface area contributed by atoms with Crippen LogP contribution in [0.2, 0.25) is 0 Å². The van der Waals surface area contributed by atoms with E-state index in [2.05, 4.69) is 14.3 Å². The van der Waals surface area contributed by atoms with Crippen molar-refractivity contribution < 1.29 is 46.1 Å². The van der Waals surface area contributed by atoms with Crippen LogP contribution in [0.5, 0.6) is 23.0 Å². The maximum absolute atomic E-state index is 13.4. The minimum Gasteiger partial charge on any atom is -0.493 e. The lowest BCUT2D eigenvalue weighted by Gasteiger charge is -2.13. The van der Waals surface area contributed by atoms with Gasteiger partial charge in [-0.3, -0.25) is 4.79 Å². The molecule has 0 aromatic heterocycles. The number of fused-ring (bicyclic) bond motifs is 2. The fourth-order valence-electron chi connectivity index (χ4n) is 2.34. The number of ether oxygens (including phenoxy) is 2. The van der Waals surface area contributed by atoms with Gasteiger partial charge in [-0.2, -0.15) is 13.2 Å². The van der Waals surface area contributed by atoms with E-state index in [-0.39, 0.29) is 29.2 Å². The second-order valence-corrected chi connectivity index (χ2v) is 5.97. The fourth-order valence-corrected chi connectivity index (χ4v) is 2.48. The molecule has 0 atom stereocenters. The number of methoxy groups -OCH3 is 1. The van der Waals surface area contributed by atoms with E-state index in [1.54, 1.807) is 0 Å². The highest BCUT2D eigenvalue weighted by Gasteiger charge is 2.31. The maximum atomic E-state index is 13.4. The van der Waals surface area contributed by atoms with Gasteiger partial charge in [-0.1, -0.05) is 0 Å². The average molecular weight is 406 g/mol. The topological polar surface area (TPSA) is 63.2 Å². The predicted octanol–water partition coefficient (Wildman–Crippen LogP) is 4.78. The summed E-state index contributed by atoms with van der Waals surface area (Å²) in [6.45, 7) is 0. The lowest BCUT2D eigenvalue weighted by Crippen LogP contribution is -2.06. The highest BCUT2D eigenvalue weighted by atomic mass is 32.2. The molecule has 0 N–H and O–H groups in total. The van der Waals surface area contributed by atoms with Crippen LogP contribution in [0.3, 0.4) is 0 Å². The maximum Gasteiger partial charge on any atom is 0.471 e. The quantitative estimate of drug-likeness (QED) is 0.233. The molecule has 1 aliphatic rings. The Morgan fingerprint density at radius 1 is 1.11 bits per heavy atom. The molecule has 1 heterocycles. The summed E-state index contributed by atoms with van der Waals surface area (Å²) in [6, 6.07) is 6.21. The van der Waals surface area contributed by atoms with E-state index >= 15 is 0 Å². The zero-order valence-corrected chi connectivity index (χ0v) is 14.3. The van der Waals surface area contributed by atoms with E-state index in [4.69, 9.17) is 9.47 Å². The van der Waals surface area contributed by atoms with Crippen molar-refractivity contribution >= 4 is 17.8 Å². The summed E-state index contributed by atoms with van der Waals surface area (Å²) >= 11 is -0.923. The Morgan fingerprint density at radius 3 is 2.59 bits per heavy atom. The number of hydrogen-bond acceptors (Lipinski definition) is 7. The van der Waals surface area contributed by atoms with Gasteiger partial charge in [0.25, 0.3) is 0 Å². The number of hydrogen-bond donors (Lipinski definition) is 0. The van der Waals surface area contributed by atoms with Crippen LogP contribution in [0.1, 0.15) is 15.9 Å².